The summed E-state index contributed by atoms with van der Waals surface area (Å²) in [6.45, 7) is 5.08. The molecule has 0 radical (unpaired) electrons. The SMILES string of the molecule is CC1C2CNCC2CN1c1ccc2scnc2c1[N+](=O)[O-]. The smallest absolute Gasteiger partial charge is 0.319 e. The van der Waals surface area contributed by atoms with E-state index in [0.717, 1.165) is 30.0 Å². The van der Waals surface area contributed by atoms with Crippen molar-refractivity contribution in [3.8, 4) is 0 Å². The molecule has 7 heteroatoms. The lowest BCUT2D eigenvalue weighted by Crippen LogP contribution is -2.33. The van der Waals surface area contributed by atoms with Crippen LogP contribution in [0, 0.1) is 22.0 Å². The van der Waals surface area contributed by atoms with Crippen molar-refractivity contribution in [3.63, 3.8) is 0 Å². The molecule has 4 rings (SSSR count). The molecule has 110 valence electrons. The van der Waals surface area contributed by atoms with Crippen LogP contribution in [-0.4, -0.2) is 35.6 Å². The van der Waals surface area contributed by atoms with E-state index in [1.807, 2.05) is 12.1 Å². The average Bonchev–Trinajstić information content (AvgIpc) is 3.14. The van der Waals surface area contributed by atoms with Crippen molar-refractivity contribution < 1.29 is 4.92 Å². The molecular weight excluding hydrogens is 288 g/mol. The fraction of sp³-hybridized carbons (Fsp3) is 0.500. The Balaban J connectivity index is 1.83. The maximum Gasteiger partial charge on any atom is 0.319 e. The minimum atomic E-state index is -0.281. The van der Waals surface area contributed by atoms with Crippen LogP contribution in [0.1, 0.15) is 6.92 Å². The van der Waals surface area contributed by atoms with E-state index in [0.29, 0.717) is 23.4 Å². The summed E-state index contributed by atoms with van der Waals surface area (Å²) in [6, 6.07) is 4.16. The van der Waals surface area contributed by atoms with E-state index in [-0.39, 0.29) is 10.6 Å². The molecular formula is C14H16N4O2S. The number of thiazole rings is 1. The Morgan fingerprint density at radius 2 is 2.33 bits per heavy atom. The highest BCUT2D eigenvalue weighted by molar-refractivity contribution is 7.16. The number of nitro groups is 1. The van der Waals surface area contributed by atoms with Crippen LogP contribution in [-0.2, 0) is 0 Å². The molecule has 2 aliphatic heterocycles. The van der Waals surface area contributed by atoms with Gasteiger partial charge in [0.1, 0.15) is 5.69 Å². The molecule has 2 fully saturated rings. The summed E-state index contributed by atoms with van der Waals surface area (Å²) in [5, 5.41) is 15.0. The van der Waals surface area contributed by atoms with Crippen molar-refractivity contribution in [2.45, 2.75) is 13.0 Å². The Kier molecular flexibility index (Phi) is 2.87. The van der Waals surface area contributed by atoms with Gasteiger partial charge in [0.25, 0.3) is 0 Å². The molecule has 3 unspecified atom stereocenters. The maximum absolute atomic E-state index is 11.6. The zero-order chi connectivity index (χ0) is 14.6. The van der Waals surface area contributed by atoms with Crippen molar-refractivity contribution in [2.75, 3.05) is 24.5 Å². The summed E-state index contributed by atoms with van der Waals surface area (Å²) in [5.74, 6) is 1.17. The molecule has 1 N–H and O–H groups in total. The van der Waals surface area contributed by atoms with Gasteiger partial charge in [-0.15, -0.1) is 11.3 Å². The average molecular weight is 304 g/mol. The molecule has 0 aliphatic carbocycles. The second-order valence-corrected chi connectivity index (χ2v) is 6.75. The van der Waals surface area contributed by atoms with Crippen LogP contribution in [0.4, 0.5) is 11.4 Å². The van der Waals surface area contributed by atoms with E-state index >= 15 is 0 Å². The van der Waals surface area contributed by atoms with Gasteiger partial charge >= 0.3 is 5.69 Å². The summed E-state index contributed by atoms with van der Waals surface area (Å²) in [6.07, 6.45) is 0. The summed E-state index contributed by atoms with van der Waals surface area (Å²) in [4.78, 5) is 17.7. The van der Waals surface area contributed by atoms with Gasteiger partial charge in [0.2, 0.25) is 0 Å². The number of nitrogens with one attached hydrogen (secondary N) is 1. The minimum Gasteiger partial charge on any atom is -0.363 e. The molecule has 3 heterocycles. The second kappa shape index (κ2) is 4.64. The molecule has 0 amide bonds. The summed E-state index contributed by atoms with van der Waals surface area (Å²) in [7, 11) is 0. The van der Waals surface area contributed by atoms with Gasteiger partial charge < -0.3 is 10.2 Å². The van der Waals surface area contributed by atoms with Crippen molar-refractivity contribution in [2.24, 2.45) is 11.8 Å². The van der Waals surface area contributed by atoms with Crippen molar-refractivity contribution in [1.29, 1.82) is 0 Å². The molecule has 1 aromatic carbocycles. The maximum atomic E-state index is 11.6. The molecule has 3 atom stereocenters. The first kappa shape index (κ1) is 13.0. The highest BCUT2D eigenvalue weighted by Crippen LogP contribution is 2.42. The van der Waals surface area contributed by atoms with Crippen LogP contribution in [0.5, 0.6) is 0 Å². The Labute approximate surface area is 125 Å². The minimum absolute atomic E-state index is 0.161. The van der Waals surface area contributed by atoms with Crippen LogP contribution in [0.15, 0.2) is 17.6 Å². The second-order valence-electron chi connectivity index (χ2n) is 5.86. The Morgan fingerprint density at radius 1 is 1.48 bits per heavy atom. The third-order valence-corrected chi connectivity index (χ3v) is 5.68. The zero-order valence-corrected chi connectivity index (χ0v) is 12.5. The Hall–Kier alpha value is -1.73. The number of hydrogen-bond donors (Lipinski definition) is 1. The van der Waals surface area contributed by atoms with E-state index in [1.54, 1.807) is 5.51 Å². The van der Waals surface area contributed by atoms with Crippen molar-refractivity contribution in [3.05, 3.63) is 27.8 Å². The van der Waals surface area contributed by atoms with Gasteiger partial charge in [-0.3, -0.25) is 10.1 Å². The Bertz CT molecular complexity index is 716. The molecule has 21 heavy (non-hydrogen) atoms. The van der Waals surface area contributed by atoms with Crippen LogP contribution in [0.2, 0.25) is 0 Å². The predicted octanol–water partition coefficient (Wildman–Crippen LogP) is 2.25. The number of hydrogen-bond acceptors (Lipinski definition) is 6. The van der Waals surface area contributed by atoms with Gasteiger partial charge in [-0.25, -0.2) is 4.98 Å². The number of nitrogens with zero attached hydrogens (tertiary/aromatic N) is 3. The number of anilines is 1. The van der Waals surface area contributed by atoms with Gasteiger partial charge in [-0.2, -0.15) is 0 Å². The van der Waals surface area contributed by atoms with Gasteiger partial charge in [-0.1, -0.05) is 0 Å². The molecule has 1 aromatic heterocycles. The van der Waals surface area contributed by atoms with Crippen LogP contribution in [0.25, 0.3) is 10.2 Å². The van der Waals surface area contributed by atoms with Crippen molar-refractivity contribution in [1.82, 2.24) is 10.3 Å². The van der Waals surface area contributed by atoms with E-state index in [2.05, 4.69) is 22.1 Å². The molecule has 2 aromatic rings. The van der Waals surface area contributed by atoms with Gasteiger partial charge in [-0.05, 0) is 30.9 Å². The highest BCUT2D eigenvalue weighted by atomic mass is 32.1. The van der Waals surface area contributed by atoms with Crippen LogP contribution < -0.4 is 10.2 Å². The lowest BCUT2D eigenvalue weighted by molar-refractivity contribution is -0.382. The summed E-state index contributed by atoms with van der Waals surface area (Å²) < 4.78 is 0.874. The molecule has 6 nitrogen and oxygen atoms in total. The molecule has 0 bridgehead atoms. The van der Waals surface area contributed by atoms with Crippen molar-refractivity contribution >= 4 is 32.9 Å². The molecule has 2 aliphatic rings. The van der Waals surface area contributed by atoms with Gasteiger partial charge in [0.15, 0.2) is 5.52 Å². The molecule has 0 saturated carbocycles. The summed E-state index contributed by atoms with van der Waals surface area (Å²) in [5.41, 5.74) is 3.08. The van der Waals surface area contributed by atoms with Crippen LogP contribution in [0.3, 0.4) is 0 Å². The van der Waals surface area contributed by atoms with Gasteiger partial charge in [0, 0.05) is 25.7 Å². The third-order valence-electron chi connectivity index (χ3n) is 4.88. The van der Waals surface area contributed by atoms with Crippen LogP contribution >= 0.6 is 11.3 Å². The highest BCUT2D eigenvalue weighted by Gasteiger charge is 2.43. The largest absolute Gasteiger partial charge is 0.363 e. The predicted molar refractivity (Wildman–Crippen MR) is 82.9 cm³/mol. The lowest BCUT2D eigenvalue weighted by atomic mass is 9.95. The zero-order valence-electron chi connectivity index (χ0n) is 11.7. The number of rotatable bonds is 2. The number of benzene rings is 1. The Morgan fingerprint density at radius 3 is 3.10 bits per heavy atom. The number of fused-ring (bicyclic) bond motifs is 2. The third kappa shape index (κ3) is 1.84. The first-order chi connectivity index (χ1) is 10.2. The van der Waals surface area contributed by atoms with E-state index in [9.17, 15) is 10.1 Å². The quantitative estimate of drug-likeness (QED) is 0.680. The standard InChI is InChI=1S/C14H16N4O2S/c1-8-10-5-15-4-9(10)6-17(8)11-2-3-12-13(16-7-21-12)14(11)18(19)20/h2-3,7-10,15H,4-6H2,1H3. The van der Waals surface area contributed by atoms with E-state index in [4.69, 9.17) is 0 Å². The van der Waals surface area contributed by atoms with E-state index < -0.39 is 0 Å². The summed E-state index contributed by atoms with van der Waals surface area (Å²) >= 11 is 1.44. The molecule has 2 saturated heterocycles. The normalized spacial score (nSPS) is 28.2. The topological polar surface area (TPSA) is 71.3 Å². The van der Waals surface area contributed by atoms with Gasteiger partial charge in [0.05, 0.1) is 15.1 Å². The fourth-order valence-corrected chi connectivity index (χ4v) is 4.48. The monoisotopic (exact) mass is 304 g/mol. The number of nitro benzene ring substituents is 1. The lowest BCUT2D eigenvalue weighted by Gasteiger charge is -2.26. The first-order valence-corrected chi connectivity index (χ1v) is 8.02. The fourth-order valence-electron chi connectivity index (χ4n) is 3.80. The van der Waals surface area contributed by atoms with E-state index in [1.165, 1.54) is 11.3 Å². The molecule has 0 spiro atoms. The first-order valence-electron chi connectivity index (χ1n) is 7.14. The number of aromatic nitrogens is 1.